The summed E-state index contributed by atoms with van der Waals surface area (Å²) in [5, 5.41) is 0. The maximum Gasteiger partial charge on any atom is 0.334 e. The first-order chi connectivity index (χ1) is 10.3. The summed E-state index contributed by atoms with van der Waals surface area (Å²) >= 11 is 0. The monoisotopic (exact) mass is 304 g/mol. The molecule has 1 unspecified atom stereocenters. The van der Waals surface area contributed by atoms with Crippen LogP contribution in [-0.2, 0) is 23.8 Å². The Hall–Kier alpha value is -1.62. The van der Waals surface area contributed by atoms with Crippen molar-refractivity contribution < 1.29 is 23.8 Å². The van der Waals surface area contributed by atoms with Gasteiger partial charge in [-0.15, -0.1) is 0 Å². The molecule has 1 saturated carbocycles. The number of carbonyl (C=O) groups is 2. The lowest BCUT2D eigenvalue weighted by Gasteiger charge is -2.29. The minimum atomic E-state index is -0.427. The van der Waals surface area contributed by atoms with E-state index in [1.165, 1.54) is 12.5 Å². The van der Waals surface area contributed by atoms with Crippen molar-refractivity contribution in [3.63, 3.8) is 0 Å². The summed E-state index contributed by atoms with van der Waals surface area (Å²) in [5.41, 5.74) is 0.934. The van der Waals surface area contributed by atoms with Crippen LogP contribution in [0.5, 0.6) is 0 Å². The van der Waals surface area contributed by atoms with Crippen molar-refractivity contribution in [1.82, 2.24) is 0 Å². The molecule has 3 fully saturated rings. The number of ether oxygens (including phenoxy) is 3. The van der Waals surface area contributed by atoms with Crippen molar-refractivity contribution in [1.29, 1.82) is 0 Å². The Bertz CT molecular complexity index is 635. The van der Waals surface area contributed by atoms with Gasteiger partial charge >= 0.3 is 11.9 Å². The van der Waals surface area contributed by atoms with Gasteiger partial charge in [0.1, 0.15) is 17.8 Å². The lowest BCUT2D eigenvalue weighted by atomic mass is 9.78. The van der Waals surface area contributed by atoms with Crippen molar-refractivity contribution >= 4 is 11.9 Å². The number of hydrogen-bond acceptors (Lipinski definition) is 5. The maximum atomic E-state index is 12.1. The van der Waals surface area contributed by atoms with E-state index in [1.54, 1.807) is 0 Å². The molecule has 5 heteroatoms. The fourth-order valence-electron chi connectivity index (χ4n) is 4.86. The second-order valence-electron chi connectivity index (χ2n) is 7.13. The smallest absolute Gasteiger partial charge is 0.334 e. The van der Waals surface area contributed by atoms with E-state index >= 15 is 0 Å². The molecular weight excluding hydrogens is 284 g/mol. The van der Waals surface area contributed by atoms with Crippen LogP contribution in [0.1, 0.15) is 33.6 Å². The van der Waals surface area contributed by atoms with Crippen LogP contribution in [0.3, 0.4) is 0 Å². The molecule has 0 N–H and O–H groups in total. The second kappa shape index (κ2) is 4.02. The molecule has 2 saturated heterocycles. The van der Waals surface area contributed by atoms with Crippen LogP contribution in [-0.4, -0.2) is 35.3 Å². The third-order valence-corrected chi connectivity index (χ3v) is 5.88. The largest absolute Gasteiger partial charge is 0.462 e. The zero-order chi connectivity index (χ0) is 15.9. The number of carbonyl (C=O) groups excluding carboxylic acids is 2. The third kappa shape index (κ3) is 1.52. The molecule has 0 amide bonds. The van der Waals surface area contributed by atoms with Crippen molar-refractivity contribution in [3.05, 3.63) is 23.8 Å². The lowest BCUT2D eigenvalue weighted by Crippen LogP contribution is -2.39. The van der Waals surface area contributed by atoms with Gasteiger partial charge in [0.2, 0.25) is 0 Å². The molecule has 0 aromatic heterocycles. The maximum absolute atomic E-state index is 12.1. The van der Waals surface area contributed by atoms with E-state index in [4.69, 9.17) is 14.2 Å². The Kier molecular flexibility index (Phi) is 2.56. The normalized spacial score (nSPS) is 48.6. The number of hydrogen-bond donors (Lipinski definition) is 0. The molecule has 118 valence electrons. The standard InChI is InChI=1S/C17H20O5/c1-8-5-6-17-13(8)14-12(9(2)15(19)21-14)11(20-10(3)18)7-16(17,4)22-17/h5,11-14H,2,6-7H2,1,3-4H3/t11?,12-,13-,14+,16+,17-/m1/s1. The van der Waals surface area contributed by atoms with Crippen LogP contribution in [0, 0.1) is 11.8 Å². The second-order valence-corrected chi connectivity index (χ2v) is 7.13. The van der Waals surface area contributed by atoms with Crippen LogP contribution in [0.4, 0.5) is 0 Å². The Morgan fingerprint density at radius 3 is 2.91 bits per heavy atom. The first kappa shape index (κ1) is 14.0. The fourth-order valence-corrected chi connectivity index (χ4v) is 4.86. The van der Waals surface area contributed by atoms with E-state index in [9.17, 15) is 9.59 Å². The van der Waals surface area contributed by atoms with Crippen LogP contribution in [0.2, 0.25) is 0 Å². The summed E-state index contributed by atoms with van der Waals surface area (Å²) in [4.78, 5) is 23.6. The van der Waals surface area contributed by atoms with Gasteiger partial charge in [-0.3, -0.25) is 4.79 Å². The Labute approximate surface area is 129 Å². The van der Waals surface area contributed by atoms with E-state index in [1.807, 2.05) is 0 Å². The average Bonchev–Trinajstić information content (AvgIpc) is 2.68. The molecule has 0 aromatic rings. The Morgan fingerprint density at radius 1 is 1.50 bits per heavy atom. The number of rotatable bonds is 1. The first-order valence-corrected chi connectivity index (χ1v) is 7.73. The van der Waals surface area contributed by atoms with Gasteiger partial charge in [0, 0.05) is 24.8 Å². The predicted molar refractivity (Wildman–Crippen MR) is 76.8 cm³/mol. The molecule has 0 aromatic carbocycles. The van der Waals surface area contributed by atoms with Gasteiger partial charge < -0.3 is 14.2 Å². The first-order valence-electron chi connectivity index (χ1n) is 7.73. The van der Waals surface area contributed by atoms with Gasteiger partial charge in [-0.25, -0.2) is 4.79 Å². The quantitative estimate of drug-likeness (QED) is 0.320. The highest BCUT2D eigenvalue weighted by Gasteiger charge is 2.77. The topological polar surface area (TPSA) is 65.1 Å². The van der Waals surface area contributed by atoms with E-state index in [-0.39, 0.29) is 41.1 Å². The van der Waals surface area contributed by atoms with Gasteiger partial charge in [0.25, 0.3) is 0 Å². The molecule has 0 bridgehead atoms. The summed E-state index contributed by atoms with van der Waals surface area (Å²) in [6.45, 7) is 9.40. The van der Waals surface area contributed by atoms with Gasteiger partial charge in [-0.2, -0.15) is 0 Å². The Morgan fingerprint density at radius 2 is 2.23 bits per heavy atom. The van der Waals surface area contributed by atoms with Crippen molar-refractivity contribution in [2.75, 3.05) is 0 Å². The summed E-state index contributed by atoms with van der Waals surface area (Å²) in [6.07, 6.45) is 2.78. The molecular formula is C17H20O5. The molecule has 6 atom stereocenters. The van der Waals surface area contributed by atoms with E-state index in [0.717, 1.165) is 6.42 Å². The fraction of sp³-hybridized carbons (Fsp3) is 0.647. The molecule has 2 aliphatic carbocycles. The number of fused-ring (bicyclic) bond motifs is 2. The van der Waals surface area contributed by atoms with Crippen molar-refractivity contribution in [3.8, 4) is 0 Å². The minimum Gasteiger partial charge on any atom is -0.462 e. The lowest BCUT2D eigenvalue weighted by molar-refractivity contribution is -0.151. The molecule has 22 heavy (non-hydrogen) atoms. The molecule has 0 radical (unpaired) electrons. The molecule has 5 nitrogen and oxygen atoms in total. The van der Waals surface area contributed by atoms with Crippen molar-refractivity contribution in [2.24, 2.45) is 11.8 Å². The average molecular weight is 304 g/mol. The van der Waals surface area contributed by atoms with Crippen LogP contribution in [0.15, 0.2) is 23.8 Å². The highest BCUT2D eigenvalue weighted by molar-refractivity contribution is 5.91. The highest BCUT2D eigenvalue weighted by Crippen LogP contribution is 2.67. The van der Waals surface area contributed by atoms with E-state index < -0.39 is 6.10 Å². The van der Waals surface area contributed by atoms with Crippen LogP contribution in [0.25, 0.3) is 0 Å². The van der Waals surface area contributed by atoms with Gasteiger partial charge in [0.15, 0.2) is 0 Å². The zero-order valence-electron chi connectivity index (χ0n) is 13.0. The summed E-state index contributed by atoms with van der Waals surface area (Å²) in [5.74, 6) is -1.00. The van der Waals surface area contributed by atoms with Crippen LogP contribution < -0.4 is 0 Å². The van der Waals surface area contributed by atoms with Crippen LogP contribution >= 0.6 is 0 Å². The summed E-state index contributed by atoms with van der Waals surface area (Å²) < 4.78 is 17.3. The predicted octanol–water partition coefficient (Wildman–Crippen LogP) is 1.91. The molecule has 2 aliphatic heterocycles. The highest BCUT2D eigenvalue weighted by atomic mass is 16.6. The van der Waals surface area contributed by atoms with Gasteiger partial charge in [0.05, 0.1) is 11.5 Å². The minimum absolute atomic E-state index is 0.0197. The molecule has 2 heterocycles. The van der Waals surface area contributed by atoms with E-state index in [0.29, 0.717) is 12.0 Å². The van der Waals surface area contributed by atoms with Gasteiger partial charge in [-0.05, 0) is 20.3 Å². The summed E-state index contributed by atoms with van der Waals surface area (Å²) in [7, 11) is 0. The van der Waals surface area contributed by atoms with E-state index in [2.05, 4.69) is 26.5 Å². The summed E-state index contributed by atoms with van der Waals surface area (Å²) in [6, 6.07) is 0. The zero-order valence-corrected chi connectivity index (χ0v) is 13.0. The molecule has 4 rings (SSSR count). The molecule has 1 spiro atoms. The SMILES string of the molecule is C=C1C(=O)O[C@H]2[C@H]1C(OC(C)=O)C[C@]1(C)O[C@@]13CC=C(C)[C@H]23. The number of esters is 2. The Balaban J connectivity index is 1.80. The van der Waals surface area contributed by atoms with Crippen molar-refractivity contribution in [2.45, 2.75) is 57.0 Å². The number of epoxide rings is 1. The third-order valence-electron chi connectivity index (χ3n) is 5.88. The molecule has 4 aliphatic rings. The van der Waals surface area contributed by atoms with Gasteiger partial charge in [-0.1, -0.05) is 18.2 Å².